The highest BCUT2D eigenvalue weighted by Gasteiger charge is 2.36. The van der Waals surface area contributed by atoms with E-state index in [1.54, 1.807) is 0 Å². The van der Waals surface area contributed by atoms with Crippen molar-refractivity contribution < 1.29 is 34.2 Å². The van der Waals surface area contributed by atoms with Crippen molar-refractivity contribution in [3.05, 3.63) is 0 Å². The quantitative estimate of drug-likeness (QED) is 0.413. The first-order valence-electron chi connectivity index (χ1n) is 8.73. The first-order chi connectivity index (χ1) is 12.0. The lowest BCUT2D eigenvalue weighted by atomic mass is 10.2. The second-order valence-electron chi connectivity index (χ2n) is 5.85. The highest BCUT2D eigenvalue weighted by atomic mass is 16.7. The molecular weight excluding hydrogens is 332 g/mol. The maximum atomic E-state index is 12.3. The Morgan fingerprint density at radius 1 is 1.20 bits per heavy atom. The Morgan fingerprint density at radius 3 is 2.64 bits per heavy atom. The van der Waals surface area contributed by atoms with Gasteiger partial charge in [-0.15, -0.1) is 0 Å². The predicted octanol–water partition coefficient (Wildman–Crippen LogP) is 0.787. The molecule has 2 N–H and O–H groups in total. The molecule has 25 heavy (non-hydrogen) atoms. The largest absolute Gasteiger partial charge is 0.464 e. The van der Waals surface area contributed by atoms with Gasteiger partial charge in [-0.25, -0.2) is 9.59 Å². The van der Waals surface area contributed by atoms with Crippen molar-refractivity contribution in [3.8, 4) is 0 Å². The molecule has 1 aliphatic rings. The average Bonchev–Trinajstić information content (AvgIpc) is 2.58. The molecular formula is C16H28N2O7. The molecule has 1 unspecified atom stereocenters. The van der Waals surface area contributed by atoms with Crippen molar-refractivity contribution in [2.45, 2.75) is 58.1 Å². The summed E-state index contributed by atoms with van der Waals surface area (Å²) in [5.74, 6) is -1.17. The van der Waals surface area contributed by atoms with E-state index in [1.165, 1.54) is 0 Å². The number of carbonyl (C=O) groups is 3. The number of esters is 1. The first-order valence-corrected chi connectivity index (χ1v) is 8.73. The summed E-state index contributed by atoms with van der Waals surface area (Å²) in [6, 6.07) is -0.741. The van der Waals surface area contributed by atoms with Gasteiger partial charge in [0.05, 0.1) is 13.2 Å². The third-order valence-electron chi connectivity index (χ3n) is 3.72. The fourth-order valence-electron chi connectivity index (χ4n) is 2.29. The summed E-state index contributed by atoms with van der Waals surface area (Å²) < 4.78 is 4.94. The molecule has 1 saturated heterocycles. The molecule has 1 heterocycles. The van der Waals surface area contributed by atoms with E-state index in [0.717, 1.165) is 22.8 Å². The van der Waals surface area contributed by atoms with Crippen LogP contribution in [0, 0.1) is 0 Å². The van der Waals surface area contributed by atoms with E-state index in [4.69, 9.17) is 14.7 Å². The normalized spacial score (nSPS) is 17.6. The molecule has 0 bridgehead atoms. The van der Waals surface area contributed by atoms with Crippen LogP contribution in [0.5, 0.6) is 0 Å². The fourth-order valence-corrected chi connectivity index (χ4v) is 2.29. The minimum absolute atomic E-state index is 0.0134. The van der Waals surface area contributed by atoms with Crippen LogP contribution in [0.2, 0.25) is 0 Å². The molecule has 0 spiro atoms. The van der Waals surface area contributed by atoms with Crippen molar-refractivity contribution in [3.63, 3.8) is 0 Å². The number of aliphatic hydroxyl groups is 2. The van der Waals surface area contributed by atoms with E-state index in [9.17, 15) is 19.5 Å². The summed E-state index contributed by atoms with van der Waals surface area (Å²) in [6.07, 6.45) is 2.82. The Balaban J connectivity index is 2.46. The number of unbranched alkanes of at least 4 members (excludes halogenated alkanes) is 3. The van der Waals surface area contributed by atoms with Gasteiger partial charge in [0.15, 0.2) is 0 Å². The summed E-state index contributed by atoms with van der Waals surface area (Å²) in [5, 5.41) is 19.5. The van der Waals surface area contributed by atoms with Gasteiger partial charge in [0, 0.05) is 19.4 Å². The van der Waals surface area contributed by atoms with Crippen LogP contribution in [0.15, 0.2) is 0 Å². The molecule has 2 amide bonds. The zero-order valence-corrected chi connectivity index (χ0v) is 14.7. The number of ether oxygens (including phenoxy) is 1. The van der Waals surface area contributed by atoms with E-state index in [1.807, 2.05) is 6.92 Å². The summed E-state index contributed by atoms with van der Waals surface area (Å²) in [7, 11) is 0. The summed E-state index contributed by atoms with van der Waals surface area (Å²) in [5.41, 5.74) is 0. The molecule has 0 aromatic rings. The van der Waals surface area contributed by atoms with Gasteiger partial charge in [0.25, 0.3) is 0 Å². The molecule has 0 radical (unpaired) electrons. The summed E-state index contributed by atoms with van der Waals surface area (Å²) >= 11 is 0. The number of carbonyl (C=O) groups excluding carboxylic acids is 3. The minimum Gasteiger partial charge on any atom is -0.464 e. The number of hydroxylamine groups is 2. The molecule has 1 atom stereocenters. The van der Waals surface area contributed by atoms with E-state index in [0.29, 0.717) is 19.3 Å². The molecule has 1 rings (SSSR count). The van der Waals surface area contributed by atoms with Gasteiger partial charge in [0.2, 0.25) is 0 Å². The van der Waals surface area contributed by atoms with E-state index in [2.05, 4.69) is 0 Å². The molecule has 1 aliphatic heterocycles. The van der Waals surface area contributed by atoms with Gasteiger partial charge < -0.3 is 19.8 Å². The van der Waals surface area contributed by atoms with Gasteiger partial charge in [-0.05, 0) is 19.3 Å². The van der Waals surface area contributed by atoms with Crippen LogP contribution in [0.1, 0.15) is 51.9 Å². The number of hydrogen-bond acceptors (Lipinski definition) is 7. The van der Waals surface area contributed by atoms with Gasteiger partial charge in [-0.1, -0.05) is 19.8 Å². The monoisotopic (exact) mass is 360 g/mol. The van der Waals surface area contributed by atoms with Crippen molar-refractivity contribution in [1.29, 1.82) is 0 Å². The fraction of sp³-hybridized carbons (Fsp3) is 0.812. The topological polar surface area (TPSA) is 117 Å². The maximum absolute atomic E-state index is 12.3. The van der Waals surface area contributed by atoms with Gasteiger partial charge in [-0.3, -0.25) is 9.69 Å². The number of aliphatic hydroxyl groups excluding tert-OH is 2. The number of urea groups is 1. The molecule has 144 valence electrons. The predicted molar refractivity (Wildman–Crippen MR) is 86.9 cm³/mol. The lowest BCUT2D eigenvalue weighted by Crippen LogP contribution is -2.56. The van der Waals surface area contributed by atoms with Crippen molar-refractivity contribution in [2.24, 2.45) is 0 Å². The van der Waals surface area contributed by atoms with Crippen molar-refractivity contribution >= 4 is 18.0 Å². The number of hydrogen-bond donors (Lipinski definition) is 2. The van der Waals surface area contributed by atoms with Crippen LogP contribution in [-0.2, 0) is 19.2 Å². The molecule has 0 aliphatic carbocycles. The third-order valence-corrected chi connectivity index (χ3v) is 3.72. The van der Waals surface area contributed by atoms with Gasteiger partial charge >= 0.3 is 18.0 Å². The lowest BCUT2D eigenvalue weighted by molar-refractivity contribution is -0.190. The van der Waals surface area contributed by atoms with E-state index >= 15 is 0 Å². The van der Waals surface area contributed by atoms with Crippen LogP contribution in [0.25, 0.3) is 0 Å². The average molecular weight is 360 g/mol. The van der Waals surface area contributed by atoms with Gasteiger partial charge in [-0.2, -0.15) is 5.06 Å². The molecule has 0 saturated carbocycles. The van der Waals surface area contributed by atoms with Crippen LogP contribution in [-0.4, -0.2) is 70.7 Å². The highest BCUT2D eigenvalue weighted by Crippen LogP contribution is 2.16. The standard InChI is InChI=1S/C16H28N2O7/c1-2-3-4-7-14(21)25-18-9-8-13(20)17(16(18)23)12-15(22)24-11-6-5-10-19/h13,19-20H,2-12H2,1H3. The smallest absolute Gasteiger partial charge is 0.355 e. The van der Waals surface area contributed by atoms with Crippen LogP contribution >= 0.6 is 0 Å². The molecule has 1 fully saturated rings. The van der Waals surface area contributed by atoms with E-state index in [-0.39, 0.29) is 32.6 Å². The van der Waals surface area contributed by atoms with E-state index < -0.39 is 30.7 Å². The summed E-state index contributed by atoms with van der Waals surface area (Å²) in [4.78, 5) is 41.7. The van der Waals surface area contributed by atoms with Gasteiger partial charge in [0.1, 0.15) is 12.8 Å². The Hall–Kier alpha value is -1.87. The Morgan fingerprint density at radius 2 is 1.96 bits per heavy atom. The van der Waals surface area contributed by atoms with Crippen molar-refractivity contribution in [1.82, 2.24) is 9.96 Å². The lowest BCUT2D eigenvalue weighted by Gasteiger charge is -2.36. The maximum Gasteiger partial charge on any atom is 0.355 e. The summed E-state index contributed by atoms with van der Waals surface area (Å²) in [6.45, 7) is 1.80. The first kappa shape index (κ1) is 21.2. The van der Waals surface area contributed by atoms with Crippen LogP contribution < -0.4 is 0 Å². The van der Waals surface area contributed by atoms with Crippen LogP contribution in [0.4, 0.5) is 4.79 Å². The molecule has 0 aromatic heterocycles. The third kappa shape index (κ3) is 7.70. The second kappa shape index (κ2) is 11.6. The minimum atomic E-state index is -1.13. The zero-order chi connectivity index (χ0) is 18.7. The number of rotatable bonds is 11. The Bertz CT molecular complexity index is 444. The SMILES string of the molecule is CCCCCC(=O)ON1CCC(O)N(CC(=O)OCCCCO)C1=O. The molecule has 0 aromatic carbocycles. The molecule has 9 nitrogen and oxygen atoms in total. The zero-order valence-electron chi connectivity index (χ0n) is 14.7. The Labute approximate surface area is 147 Å². The Kier molecular flexibility index (Phi) is 9.86. The molecule has 9 heteroatoms. The number of amides is 2. The van der Waals surface area contributed by atoms with Crippen molar-refractivity contribution in [2.75, 3.05) is 26.3 Å². The highest BCUT2D eigenvalue weighted by molar-refractivity contribution is 5.82. The second-order valence-corrected chi connectivity index (χ2v) is 5.85. The van der Waals surface area contributed by atoms with Crippen LogP contribution in [0.3, 0.4) is 0 Å². The number of nitrogens with zero attached hydrogens (tertiary/aromatic N) is 2.